The van der Waals surface area contributed by atoms with Crippen molar-refractivity contribution in [3.63, 3.8) is 0 Å². The van der Waals surface area contributed by atoms with Gasteiger partial charge in [0.15, 0.2) is 0 Å². The molecule has 1 rings (SSSR count). The number of ether oxygens (including phenoxy) is 1. The zero-order valence-electron chi connectivity index (χ0n) is 23.9. The van der Waals surface area contributed by atoms with Crippen molar-refractivity contribution in [1.82, 2.24) is 0 Å². The lowest BCUT2D eigenvalue weighted by atomic mass is 10.0. The quantitative estimate of drug-likeness (QED) is 0.0821. The molecule has 0 saturated carbocycles. The number of benzene rings is 1. The predicted molar refractivity (Wildman–Crippen MR) is 155 cm³/mol. The van der Waals surface area contributed by atoms with Gasteiger partial charge in [-0.3, -0.25) is 4.79 Å². The fourth-order valence-electron chi connectivity index (χ4n) is 4.89. The summed E-state index contributed by atoms with van der Waals surface area (Å²) in [5.41, 5.74) is 1.27. The second-order valence-electron chi connectivity index (χ2n) is 10.9. The highest BCUT2D eigenvalue weighted by atomic mass is 16.5. The van der Waals surface area contributed by atoms with Crippen LogP contribution >= 0.6 is 0 Å². The van der Waals surface area contributed by atoms with E-state index in [1.165, 1.54) is 108 Å². The molecule has 1 aromatic carbocycles. The Morgan fingerprint density at radius 2 is 1.19 bits per heavy atom. The minimum absolute atomic E-state index is 0.0985. The average Bonchev–Trinajstić information content (AvgIpc) is 2.87. The maximum Gasteiger partial charge on any atom is 0.311 e. The lowest BCUT2D eigenvalue weighted by Gasteiger charge is -2.10. The third-order valence-corrected chi connectivity index (χ3v) is 7.26. The van der Waals surface area contributed by atoms with Crippen LogP contribution in [-0.2, 0) is 11.2 Å². The Hall–Kier alpha value is -1.35. The molecule has 0 fully saturated rings. The zero-order valence-corrected chi connectivity index (χ0v) is 23.9. The molecule has 0 amide bonds. The van der Waals surface area contributed by atoms with Crippen molar-refractivity contribution in [2.24, 2.45) is 0 Å². The number of esters is 1. The molecule has 208 valence electrons. The topological polar surface area (TPSA) is 46.5 Å². The van der Waals surface area contributed by atoms with Crippen LogP contribution in [0.15, 0.2) is 24.3 Å². The van der Waals surface area contributed by atoms with E-state index in [-0.39, 0.29) is 12.1 Å². The number of aliphatic hydroxyl groups is 1. The van der Waals surface area contributed by atoms with E-state index in [2.05, 4.69) is 19.9 Å². The van der Waals surface area contributed by atoms with Gasteiger partial charge in [0.25, 0.3) is 0 Å². The minimum Gasteiger partial charge on any atom is -0.427 e. The van der Waals surface area contributed by atoms with Gasteiger partial charge in [-0.1, -0.05) is 135 Å². The van der Waals surface area contributed by atoms with Gasteiger partial charge in [0.05, 0.1) is 6.10 Å². The Kier molecular flexibility index (Phi) is 21.8. The van der Waals surface area contributed by atoms with Gasteiger partial charge < -0.3 is 9.84 Å². The Morgan fingerprint density at radius 3 is 1.78 bits per heavy atom. The van der Waals surface area contributed by atoms with Gasteiger partial charge in [-0.2, -0.15) is 0 Å². The molecule has 0 radical (unpaired) electrons. The number of hydrogen-bond acceptors (Lipinski definition) is 3. The van der Waals surface area contributed by atoms with Crippen molar-refractivity contribution < 1.29 is 14.6 Å². The van der Waals surface area contributed by atoms with E-state index in [9.17, 15) is 9.90 Å². The second-order valence-corrected chi connectivity index (χ2v) is 10.9. The molecule has 3 nitrogen and oxygen atoms in total. The molecule has 0 aliphatic carbocycles. The van der Waals surface area contributed by atoms with Crippen molar-refractivity contribution in [1.29, 1.82) is 0 Å². The Morgan fingerprint density at radius 1 is 0.694 bits per heavy atom. The fourth-order valence-corrected chi connectivity index (χ4v) is 4.89. The molecular formula is C33H58O3. The van der Waals surface area contributed by atoms with Crippen molar-refractivity contribution in [3.8, 4) is 5.75 Å². The molecule has 1 unspecified atom stereocenters. The number of rotatable bonds is 25. The Bertz CT molecular complexity index is 627. The molecule has 3 heteroatoms. The van der Waals surface area contributed by atoms with Crippen LogP contribution in [0.3, 0.4) is 0 Å². The molecular weight excluding hydrogens is 444 g/mol. The summed E-state index contributed by atoms with van der Waals surface area (Å²) < 4.78 is 5.59. The highest BCUT2D eigenvalue weighted by molar-refractivity contribution is 5.72. The van der Waals surface area contributed by atoms with E-state index < -0.39 is 0 Å². The van der Waals surface area contributed by atoms with E-state index in [1.54, 1.807) is 0 Å². The van der Waals surface area contributed by atoms with Gasteiger partial charge in [0.2, 0.25) is 0 Å². The number of hydrogen-bond donors (Lipinski definition) is 1. The van der Waals surface area contributed by atoms with Crippen LogP contribution in [0, 0.1) is 0 Å². The SMILES string of the molecule is CCCCCCCCCc1cccc(OC(=O)CCCCCCCCCC(O)CCCCCCC)c1. The first-order chi connectivity index (χ1) is 17.7. The van der Waals surface area contributed by atoms with Crippen LogP contribution in [0.5, 0.6) is 5.75 Å². The zero-order chi connectivity index (χ0) is 26.1. The minimum atomic E-state index is -0.105. The summed E-state index contributed by atoms with van der Waals surface area (Å²) >= 11 is 0. The van der Waals surface area contributed by atoms with Crippen molar-refractivity contribution in [2.75, 3.05) is 0 Å². The Labute approximate surface area is 223 Å². The summed E-state index contributed by atoms with van der Waals surface area (Å²) in [6.45, 7) is 4.50. The summed E-state index contributed by atoms with van der Waals surface area (Å²) in [4.78, 5) is 12.2. The van der Waals surface area contributed by atoms with Crippen LogP contribution in [0.2, 0.25) is 0 Å². The average molecular weight is 503 g/mol. The molecule has 0 aliphatic heterocycles. The normalized spacial score (nSPS) is 12.1. The number of aliphatic hydroxyl groups excluding tert-OH is 1. The highest BCUT2D eigenvalue weighted by Crippen LogP contribution is 2.18. The molecule has 0 bridgehead atoms. The van der Waals surface area contributed by atoms with E-state index in [4.69, 9.17) is 4.74 Å². The summed E-state index contributed by atoms with van der Waals surface area (Å²) in [7, 11) is 0. The van der Waals surface area contributed by atoms with E-state index in [0.717, 1.165) is 38.5 Å². The maximum atomic E-state index is 12.2. The van der Waals surface area contributed by atoms with E-state index in [1.807, 2.05) is 18.2 Å². The molecule has 36 heavy (non-hydrogen) atoms. The maximum absolute atomic E-state index is 12.2. The van der Waals surface area contributed by atoms with Crippen LogP contribution in [-0.4, -0.2) is 17.2 Å². The first-order valence-corrected chi connectivity index (χ1v) is 15.6. The van der Waals surface area contributed by atoms with E-state index >= 15 is 0 Å². The summed E-state index contributed by atoms with van der Waals surface area (Å²) in [6, 6.07) is 8.09. The molecule has 0 aliphatic rings. The molecule has 0 heterocycles. The monoisotopic (exact) mass is 502 g/mol. The first-order valence-electron chi connectivity index (χ1n) is 15.6. The standard InChI is InChI=1S/C33H58O3/c1-3-5-7-9-11-15-18-23-30-24-22-27-32(29-30)36-33(35)28-21-17-13-10-12-16-20-26-31(34)25-19-14-8-6-4-2/h22,24,27,29,31,34H,3-21,23,25-26,28H2,1-2H3. The fraction of sp³-hybridized carbons (Fsp3) is 0.788. The lowest BCUT2D eigenvalue weighted by Crippen LogP contribution is -2.07. The Balaban J connectivity index is 1.99. The summed E-state index contributed by atoms with van der Waals surface area (Å²) in [5, 5.41) is 10.1. The van der Waals surface area contributed by atoms with Gasteiger partial charge in [0, 0.05) is 6.42 Å². The lowest BCUT2D eigenvalue weighted by molar-refractivity contribution is -0.134. The van der Waals surface area contributed by atoms with Gasteiger partial charge >= 0.3 is 5.97 Å². The molecule has 1 atom stereocenters. The van der Waals surface area contributed by atoms with Gasteiger partial charge in [0.1, 0.15) is 5.75 Å². The van der Waals surface area contributed by atoms with Gasteiger partial charge in [-0.25, -0.2) is 0 Å². The molecule has 1 aromatic rings. The molecule has 0 saturated heterocycles. The third kappa shape index (κ3) is 19.8. The molecule has 1 N–H and O–H groups in total. The van der Waals surface area contributed by atoms with Crippen molar-refractivity contribution in [3.05, 3.63) is 29.8 Å². The van der Waals surface area contributed by atoms with E-state index in [0.29, 0.717) is 12.2 Å². The summed E-state index contributed by atoms with van der Waals surface area (Å²) in [5.74, 6) is 0.593. The number of aryl methyl sites for hydroxylation is 1. The first kappa shape index (κ1) is 32.7. The number of carbonyl (C=O) groups is 1. The number of carbonyl (C=O) groups excluding carboxylic acids is 1. The largest absolute Gasteiger partial charge is 0.427 e. The second kappa shape index (κ2) is 24.0. The van der Waals surface area contributed by atoms with Crippen molar-refractivity contribution >= 4 is 5.97 Å². The molecule has 0 aromatic heterocycles. The van der Waals surface area contributed by atoms with Gasteiger partial charge in [-0.15, -0.1) is 0 Å². The smallest absolute Gasteiger partial charge is 0.311 e. The van der Waals surface area contributed by atoms with Crippen LogP contribution in [0.4, 0.5) is 0 Å². The van der Waals surface area contributed by atoms with Crippen LogP contribution in [0.1, 0.15) is 161 Å². The number of unbranched alkanes of at least 4 members (excludes halogenated alkanes) is 16. The molecule has 0 spiro atoms. The van der Waals surface area contributed by atoms with Crippen LogP contribution in [0.25, 0.3) is 0 Å². The van der Waals surface area contributed by atoms with Gasteiger partial charge in [-0.05, 0) is 49.8 Å². The van der Waals surface area contributed by atoms with Crippen LogP contribution < -0.4 is 4.74 Å². The summed E-state index contributed by atoms with van der Waals surface area (Å²) in [6.07, 6.45) is 27.0. The van der Waals surface area contributed by atoms with Crippen molar-refractivity contribution in [2.45, 2.75) is 168 Å². The highest BCUT2D eigenvalue weighted by Gasteiger charge is 2.06. The third-order valence-electron chi connectivity index (χ3n) is 7.26. The predicted octanol–water partition coefficient (Wildman–Crippen LogP) is 10.1.